The summed E-state index contributed by atoms with van der Waals surface area (Å²) in [5.74, 6) is -0.151. The molecule has 0 atom stereocenters. The first-order chi connectivity index (χ1) is 8.95. The van der Waals surface area contributed by atoms with Crippen molar-refractivity contribution in [3.8, 4) is 11.6 Å². The van der Waals surface area contributed by atoms with Crippen molar-refractivity contribution in [2.75, 3.05) is 5.73 Å². The summed E-state index contributed by atoms with van der Waals surface area (Å²) in [6.45, 7) is 1.62. The molecule has 0 saturated heterocycles. The molecule has 0 radical (unpaired) electrons. The lowest BCUT2D eigenvalue weighted by molar-refractivity contribution is -0.387. The average Bonchev–Trinajstić information content (AvgIpc) is 2.26. The summed E-state index contributed by atoms with van der Waals surface area (Å²) in [6.07, 6.45) is 0. The summed E-state index contributed by atoms with van der Waals surface area (Å²) >= 11 is 0. The van der Waals surface area contributed by atoms with Gasteiger partial charge in [-0.3, -0.25) is 10.1 Å². The van der Waals surface area contributed by atoms with Crippen molar-refractivity contribution in [2.45, 2.75) is 6.92 Å². The van der Waals surface area contributed by atoms with Crippen molar-refractivity contribution < 1.29 is 14.1 Å². The molecule has 0 aliphatic carbocycles. The van der Waals surface area contributed by atoms with E-state index < -0.39 is 16.4 Å². The predicted molar refractivity (Wildman–Crippen MR) is 64.3 cm³/mol. The van der Waals surface area contributed by atoms with Crippen LogP contribution >= 0.6 is 0 Å². The zero-order chi connectivity index (χ0) is 14.0. The Kier molecular flexibility index (Phi) is 3.23. The minimum Gasteiger partial charge on any atom is -0.439 e. The number of ether oxygens (including phenoxy) is 1. The molecule has 2 rings (SSSR count). The quantitative estimate of drug-likeness (QED) is 0.673. The molecule has 2 aromatic rings. The Labute approximate surface area is 107 Å². The lowest BCUT2D eigenvalue weighted by Crippen LogP contribution is -1.98. The van der Waals surface area contributed by atoms with Crippen LogP contribution in [-0.4, -0.2) is 14.9 Å². The van der Waals surface area contributed by atoms with E-state index in [0.29, 0.717) is 5.82 Å². The molecule has 1 heterocycles. The SMILES string of the molecule is Cc1nc(N)cc(Oc2ccc([N+](=O)[O-])c(F)c2)n1. The third-order valence-corrected chi connectivity index (χ3v) is 2.17. The zero-order valence-corrected chi connectivity index (χ0v) is 9.83. The molecular weight excluding hydrogens is 255 g/mol. The van der Waals surface area contributed by atoms with Crippen molar-refractivity contribution in [3.05, 3.63) is 46.0 Å². The molecule has 8 heteroatoms. The van der Waals surface area contributed by atoms with Gasteiger partial charge in [-0.15, -0.1) is 0 Å². The first kappa shape index (κ1) is 12.7. The van der Waals surface area contributed by atoms with E-state index in [9.17, 15) is 14.5 Å². The molecule has 2 N–H and O–H groups in total. The number of benzene rings is 1. The van der Waals surface area contributed by atoms with E-state index in [1.807, 2.05) is 0 Å². The molecule has 0 amide bonds. The number of nitrogens with zero attached hydrogens (tertiary/aromatic N) is 3. The third-order valence-electron chi connectivity index (χ3n) is 2.17. The summed E-state index contributed by atoms with van der Waals surface area (Å²) in [6, 6.07) is 4.56. The van der Waals surface area contributed by atoms with Gasteiger partial charge in [-0.25, -0.2) is 4.98 Å². The smallest absolute Gasteiger partial charge is 0.305 e. The highest BCUT2D eigenvalue weighted by molar-refractivity contribution is 5.40. The van der Waals surface area contributed by atoms with Crippen LogP contribution in [0.3, 0.4) is 0 Å². The second kappa shape index (κ2) is 4.84. The molecule has 0 fully saturated rings. The van der Waals surface area contributed by atoms with E-state index >= 15 is 0 Å². The van der Waals surface area contributed by atoms with Crippen LogP contribution in [-0.2, 0) is 0 Å². The fourth-order valence-electron chi connectivity index (χ4n) is 1.43. The van der Waals surface area contributed by atoms with Gasteiger partial charge >= 0.3 is 5.69 Å². The standard InChI is InChI=1S/C11H9FN4O3/c1-6-14-10(13)5-11(15-6)19-7-2-3-9(16(17)18)8(12)4-7/h2-5H,1H3,(H2,13,14,15). The van der Waals surface area contributed by atoms with Crippen LogP contribution in [0.4, 0.5) is 15.9 Å². The molecule has 0 spiro atoms. The first-order valence-corrected chi connectivity index (χ1v) is 5.18. The molecule has 1 aromatic carbocycles. The topological polar surface area (TPSA) is 104 Å². The van der Waals surface area contributed by atoms with Gasteiger partial charge < -0.3 is 10.5 Å². The van der Waals surface area contributed by atoms with Crippen LogP contribution in [0.25, 0.3) is 0 Å². The Balaban J connectivity index is 2.28. The number of aryl methyl sites for hydroxylation is 1. The third kappa shape index (κ3) is 2.92. The maximum atomic E-state index is 13.4. The van der Waals surface area contributed by atoms with Crippen molar-refractivity contribution in [1.29, 1.82) is 0 Å². The van der Waals surface area contributed by atoms with Crippen molar-refractivity contribution in [2.24, 2.45) is 0 Å². The highest BCUT2D eigenvalue weighted by Gasteiger charge is 2.14. The number of hydrogen-bond donors (Lipinski definition) is 1. The molecule has 1 aromatic heterocycles. The van der Waals surface area contributed by atoms with Crippen molar-refractivity contribution in [3.63, 3.8) is 0 Å². The number of rotatable bonds is 3. The van der Waals surface area contributed by atoms with Crippen LogP contribution in [0.5, 0.6) is 11.6 Å². The Morgan fingerprint density at radius 1 is 1.37 bits per heavy atom. The highest BCUT2D eigenvalue weighted by atomic mass is 19.1. The van der Waals surface area contributed by atoms with E-state index in [0.717, 1.165) is 12.1 Å². The van der Waals surface area contributed by atoms with Gasteiger partial charge in [-0.1, -0.05) is 0 Å². The van der Waals surface area contributed by atoms with Gasteiger partial charge in [0.15, 0.2) is 0 Å². The summed E-state index contributed by atoms with van der Waals surface area (Å²) < 4.78 is 18.6. The second-order valence-electron chi connectivity index (χ2n) is 3.65. The first-order valence-electron chi connectivity index (χ1n) is 5.18. The van der Waals surface area contributed by atoms with E-state index in [1.165, 1.54) is 12.1 Å². The summed E-state index contributed by atoms with van der Waals surface area (Å²) in [5, 5.41) is 10.5. The Bertz CT molecular complexity index is 628. The Morgan fingerprint density at radius 2 is 2.11 bits per heavy atom. The lowest BCUT2D eigenvalue weighted by Gasteiger charge is -2.06. The van der Waals surface area contributed by atoms with E-state index in [1.54, 1.807) is 6.92 Å². The molecule has 98 valence electrons. The van der Waals surface area contributed by atoms with Gasteiger partial charge in [0.05, 0.1) is 4.92 Å². The largest absolute Gasteiger partial charge is 0.439 e. The number of nitrogens with two attached hydrogens (primary N) is 1. The van der Waals surface area contributed by atoms with Gasteiger partial charge in [0, 0.05) is 18.2 Å². The van der Waals surface area contributed by atoms with Gasteiger partial charge in [0.25, 0.3) is 0 Å². The number of nitrogen functional groups attached to an aromatic ring is 1. The van der Waals surface area contributed by atoms with E-state index in [4.69, 9.17) is 10.5 Å². The van der Waals surface area contributed by atoms with Crippen molar-refractivity contribution in [1.82, 2.24) is 9.97 Å². The number of nitro groups is 1. The normalized spacial score (nSPS) is 10.2. The number of anilines is 1. The Morgan fingerprint density at radius 3 is 2.68 bits per heavy atom. The zero-order valence-electron chi connectivity index (χ0n) is 9.83. The molecule has 0 bridgehead atoms. The average molecular weight is 264 g/mol. The van der Waals surface area contributed by atoms with Crippen LogP contribution in [0.2, 0.25) is 0 Å². The van der Waals surface area contributed by atoms with E-state index in [-0.39, 0.29) is 17.4 Å². The molecule has 0 aliphatic rings. The van der Waals surface area contributed by atoms with Gasteiger partial charge in [0.2, 0.25) is 11.7 Å². The number of aromatic nitrogens is 2. The predicted octanol–water partition coefficient (Wildman–Crippen LogP) is 2.21. The highest BCUT2D eigenvalue weighted by Crippen LogP contribution is 2.26. The number of hydrogen-bond acceptors (Lipinski definition) is 6. The fraction of sp³-hybridized carbons (Fsp3) is 0.0909. The van der Waals surface area contributed by atoms with Crippen LogP contribution in [0.1, 0.15) is 5.82 Å². The molecular formula is C11H9FN4O3. The summed E-state index contributed by atoms with van der Waals surface area (Å²) in [4.78, 5) is 17.5. The van der Waals surface area contributed by atoms with Crippen molar-refractivity contribution >= 4 is 11.5 Å². The maximum Gasteiger partial charge on any atom is 0.305 e. The number of nitro benzene ring substituents is 1. The van der Waals surface area contributed by atoms with E-state index in [2.05, 4.69) is 9.97 Å². The van der Waals surface area contributed by atoms with Gasteiger partial charge in [-0.2, -0.15) is 9.37 Å². The van der Waals surface area contributed by atoms with Crippen LogP contribution in [0, 0.1) is 22.9 Å². The molecule has 19 heavy (non-hydrogen) atoms. The lowest BCUT2D eigenvalue weighted by atomic mass is 10.3. The second-order valence-corrected chi connectivity index (χ2v) is 3.65. The minimum absolute atomic E-state index is 0.0839. The Hall–Kier alpha value is -2.77. The fourth-order valence-corrected chi connectivity index (χ4v) is 1.43. The van der Waals surface area contributed by atoms with Gasteiger partial charge in [0.1, 0.15) is 17.4 Å². The minimum atomic E-state index is -0.985. The van der Waals surface area contributed by atoms with Crippen LogP contribution in [0.15, 0.2) is 24.3 Å². The summed E-state index contributed by atoms with van der Waals surface area (Å²) in [7, 11) is 0. The number of halogens is 1. The molecule has 7 nitrogen and oxygen atoms in total. The summed E-state index contributed by atoms with van der Waals surface area (Å²) in [5.41, 5.74) is 4.89. The molecule has 0 saturated carbocycles. The molecule has 0 aliphatic heterocycles. The van der Waals surface area contributed by atoms with Gasteiger partial charge in [-0.05, 0) is 13.0 Å². The monoisotopic (exact) mass is 264 g/mol. The molecule has 0 unspecified atom stereocenters. The maximum absolute atomic E-state index is 13.4. The van der Waals surface area contributed by atoms with Crippen LogP contribution < -0.4 is 10.5 Å².